The fourth-order valence-corrected chi connectivity index (χ4v) is 4.90. The molecular weight excluding hydrogens is 483 g/mol. The minimum Gasteiger partial charge on any atom is -0.481 e. The molecule has 0 radical (unpaired) electrons. The van der Waals surface area contributed by atoms with Gasteiger partial charge in [0.15, 0.2) is 5.60 Å². The van der Waals surface area contributed by atoms with Crippen LogP contribution in [-0.2, 0) is 19.1 Å². The summed E-state index contributed by atoms with van der Waals surface area (Å²) in [5, 5.41) is 31.3. The van der Waals surface area contributed by atoms with E-state index in [4.69, 9.17) is 4.74 Å². The van der Waals surface area contributed by atoms with Crippen molar-refractivity contribution in [3.63, 3.8) is 0 Å². The zero-order valence-corrected chi connectivity index (χ0v) is 21.4. The maximum absolute atomic E-state index is 13.5. The number of aromatic nitrogens is 5. The van der Waals surface area contributed by atoms with E-state index in [1.807, 2.05) is 26.0 Å². The first-order valence-corrected chi connectivity index (χ1v) is 11.9. The summed E-state index contributed by atoms with van der Waals surface area (Å²) < 4.78 is 20.5. The number of hydrogen-bond donors (Lipinski definition) is 1. The van der Waals surface area contributed by atoms with Gasteiger partial charge in [0.2, 0.25) is 5.88 Å². The zero-order valence-electron chi connectivity index (χ0n) is 21.4. The van der Waals surface area contributed by atoms with Crippen molar-refractivity contribution >= 4 is 10.9 Å². The van der Waals surface area contributed by atoms with Crippen LogP contribution in [0.1, 0.15) is 44.9 Å². The standard InChI is InChI=1S/C29H25FN6O2/c1-17-5-11-25(18(2)33-17)29(37,27-16-32-35-36(27)3)20-8-12-26-22(14-20)24(15-31)23(28(34-26)38-4)13-19-6-9-21(30)10-7-19/h5-12,14,16,37H,13H2,1-4H3. The Hall–Kier alpha value is -4.68. The smallest absolute Gasteiger partial charge is 0.218 e. The number of aryl methyl sites for hydroxylation is 3. The van der Waals surface area contributed by atoms with Crippen LogP contribution in [0.3, 0.4) is 0 Å². The number of nitriles is 1. The average molecular weight is 509 g/mol. The van der Waals surface area contributed by atoms with Gasteiger partial charge in [-0.15, -0.1) is 5.10 Å². The topological polar surface area (TPSA) is 110 Å². The Morgan fingerprint density at radius 2 is 1.84 bits per heavy atom. The number of nitrogens with zero attached hydrogens (tertiary/aromatic N) is 6. The summed E-state index contributed by atoms with van der Waals surface area (Å²) in [6.07, 6.45) is 1.83. The molecule has 1 atom stereocenters. The number of methoxy groups -OCH3 is 1. The summed E-state index contributed by atoms with van der Waals surface area (Å²) >= 11 is 0. The van der Waals surface area contributed by atoms with Crippen molar-refractivity contribution in [2.75, 3.05) is 7.11 Å². The number of halogens is 1. The van der Waals surface area contributed by atoms with E-state index < -0.39 is 5.60 Å². The molecular formula is C29H25FN6O2. The second kappa shape index (κ2) is 9.65. The molecule has 1 unspecified atom stereocenters. The lowest BCUT2D eigenvalue weighted by Gasteiger charge is -2.30. The number of hydrogen-bond acceptors (Lipinski definition) is 7. The van der Waals surface area contributed by atoms with Crippen molar-refractivity contribution in [2.45, 2.75) is 25.9 Å². The average Bonchev–Trinajstić information content (AvgIpc) is 3.35. The third kappa shape index (κ3) is 4.15. The predicted molar refractivity (Wildman–Crippen MR) is 139 cm³/mol. The van der Waals surface area contributed by atoms with Crippen molar-refractivity contribution < 1.29 is 14.2 Å². The fourth-order valence-electron chi connectivity index (χ4n) is 4.90. The van der Waals surface area contributed by atoms with Crippen LogP contribution in [0.25, 0.3) is 10.9 Å². The first kappa shape index (κ1) is 25.0. The number of pyridine rings is 2. The molecule has 0 saturated carbocycles. The molecule has 0 bridgehead atoms. The van der Waals surface area contributed by atoms with E-state index in [0.717, 1.165) is 11.3 Å². The van der Waals surface area contributed by atoms with Crippen LogP contribution in [0.5, 0.6) is 5.88 Å². The summed E-state index contributed by atoms with van der Waals surface area (Å²) in [7, 11) is 3.21. The molecule has 190 valence electrons. The van der Waals surface area contributed by atoms with Gasteiger partial charge in [0.1, 0.15) is 11.9 Å². The van der Waals surface area contributed by atoms with Crippen molar-refractivity contribution in [2.24, 2.45) is 7.05 Å². The Morgan fingerprint density at radius 3 is 2.47 bits per heavy atom. The van der Waals surface area contributed by atoms with Crippen LogP contribution in [0.2, 0.25) is 0 Å². The van der Waals surface area contributed by atoms with E-state index in [1.54, 1.807) is 37.4 Å². The van der Waals surface area contributed by atoms with Gasteiger partial charge in [0, 0.05) is 41.4 Å². The molecule has 0 spiro atoms. The monoisotopic (exact) mass is 508 g/mol. The Bertz CT molecular complexity index is 1710. The molecule has 1 N–H and O–H groups in total. The molecule has 0 amide bonds. The highest BCUT2D eigenvalue weighted by atomic mass is 19.1. The largest absolute Gasteiger partial charge is 0.481 e. The van der Waals surface area contributed by atoms with Crippen LogP contribution in [0.4, 0.5) is 4.39 Å². The van der Waals surface area contributed by atoms with Crippen molar-refractivity contribution in [1.29, 1.82) is 5.26 Å². The van der Waals surface area contributed by atoms with Gasteiger partial charge in [-0.1, -0.05) is 29.5 Å². The molecule has 5 rings (SSSR count). The highest BCUT2D eigenvalue weighted by Crippen LogP contribution is 2.40. The van der Waals surface area contributed by atoms with E-state index >= 15 is 0 Å². The number of rotatable bonds is 6. The Morgan fingerprint density at radius 1 is 1.08 bits per heavy atom. The van der Waals surface area contributed by atoms with Crippen molar-refractivity contribution in [1.82, 2.24) is 25.0 Å². The zero-order chi connectivity index (χ0) is 27.0. The van der Waals surface area contributed by atoms with Crippen LogP contribution >= 0.6 is 0 Å². The van der Waals surface area contributed by atoms with Gasteiger partial charge >= 0.3 is 0 Å². The highest BCUT2D eigenvalue weighted by molar-refractivity contribution is 5.88. The molecule has 9 heteroatoms. The second-order valence-electron chi connectivity index (χ2n) is 9.16. The minimum absolute atomic E-state index is 0.316. The maximum atomic E-state index is 13.5. The summed E-state index contributed by atoms with van der Waals surface area (Å²) in [5.41, 5.74) is 3.60. The Kier molecular flexibility index (Phi) is 6.35. The van der Waals surface area contributed by atoms with Gasteiger partial charge in [0.05, 0.1) is 30.1 Å². The van der Waals surface area contributed by atoms with Crippen molar-refractivity contribution in [3.8, 4) is 11.9 Å². The van der Waals surface area contributed by atoms with Crippen LogP contribution in [0, 0.1) is 31.0 Å². The van der Waals surface area contributed by atoms with Gasteiger partial charge in [-0.3, -0.25) is 4.98 Å². The molecule has 0 saturated heterocycles. The number of aliphatic hydroxyl groups is 1. The summed E-state index contributed by atoms with van der Waals surface area (Å²) in [6, 6.07) is 17.4. The van der Waals surface area contributed by atoms with Crippen molar-refractivity contribution in [3.05, 3.63) is 112 Å². The Labute approximate surface area is 219 Å². The van der Waals surface area contributed by atoms with E-state index in [9.17, 15) is 14.8 Å². The first-order chi connectivity index (χ1) is 18.3. The lowest BCUT2D eigenvalue weighted by Crippen LogP contribution is -2.32. The van der Waals surface area contributed by atoms with Crippen LogP contribution < -0.4 is 4.74 Å². The normalized spacial score (nSPS) is 12.8. The minimum atomic E-state index is -1.67. The third-order valence-corrected chi connectivity index (χ3v) is 6.76. The highest BCUT2D eigenvalue weighted by Gasteiger charge is 2.39. The predicted octanol–water partition coefficient (Wildman–Crippen LogP) is 4.27. The van der Waals surface area contributed by atoms with E-state index in [-0.39, 0.29) is 5.82 Å². The molecule has 0 aliphatic heterocycles. The third-order valence-electron chi connectivity index (χ3n) is 6.76. The summed E-state index contributed by atoms with van der Waals surface area (Å²) in [4.78, 5) is 9.22. The number of ether oxygens (including phenoxy) is 1. The summed E-state index contributed by atoms with van der Waals surface area (Å²) in [5.74, 6) is -0.0249. The fraction of sp³-hybridized carbons (Fsp3) is 0.207. The number of benzene rings is 2. The molecule has 38 heavy (non-hydrogen) atoms. The van der Waals surface area contributed by atoms with E-state index in [2.05, 4.69) is 26.3 Å². The maximum Gasteiger partial charge on any atom is 0.218 e. The molecule has 5 aromatic rings. The van der Waals surface area contributed by atoms with E-state index in [1.165, 1.54) is 30.1 Å². The van der Waals surface area contributed by atoms with Crippen LogP contribution in [-0.4, -0.2) is 37.2 Å². The van der Waals surface area contributed by atoms with Gasteiger partial charge < -0.3 is 9.84 Å². The van der Waals surface area contributed by atoms with Gasteiger partial charge in [-0.05, 0) is 55.3 Å². The van der Waals surface area contributed by atoms with Gasteiger partial charge in [-0.2, -0.15) is 5.26 Å². The Balaban J connectivity index is 1.77. The molecule has 3 heterocycles. The first-order valence-electron chi connectivity index (χ1n) is 11.9. The quantitative estimate of drug-likeness (QED) is 0.365. The summed E-state index contributed by atoms with van der Waals surface area (Å²) in [6.45, 7) is 3.73. The molecule has 8 nitrogen and oxygen atoms in total. The SMILES string of the molecule is COc1nc2ccc(C(O)(c3ccc(C)nc3C)c3cnnn3C)cc2c(C#N)c1Cc1ccc(F)cc1. The second-order valence-corrected chi connectivity index (χ2v) is 9.16. The van der Waals surface area contributed by atoms with Crippen LogP contribution in [0.15, 0.2) is 60.8 Å². The molecule has 3 aromatic heterocycles. The molecule has 0 aliphatic rings. The van der Waals surface area contributed by atoms with Gasteiger partial charge in [-0.25, -0.2) is 14.1 Å². The lowest BCUT2D eigenvalue weighted by molar-refractivity contribution is 0.115. The number of fused-ring (bicyclic) bond motifs is 1. The van der Waals surface area contributed by atoms with Gasteiger partial charge in [0.25, 0.3) is 0 Å². The molecule has 0 fully saturated rings. The lowest BCUT2D eigenvalue weighted by atomic mass is 9.81. The van der Waals surface area contributed by atoms with E-state index in [0.29, 0.717) is 56.8 Å². The molecule has 2 aromatic carbocycles. The molecule has 0 aliphatic carbocycles.